The third-order valence-corrected chi connectivity index (χ3v) is 5.61. The van der Waals surface area contributed by atoms with Crippen LogP contribution in [0.1, 0.15) is 24.5 Å². The molecular weight excluding hydrogens is 304 g/mol. The molecule has 0 saturated heterocycles. The first kappa shape index (κ1) is 15.9. The molecule has 4 heteroatoms. The third-order valence-electron chi connectivity index (χ3n) is 4.25. The van der Waals surface area contributed by atoms with E-state index in [0.717, 1.165) is 36.5 Å². The van der Waals surface area contributed by atoms with E-state index in [-0.39, 0.29) is 11.2 Å². The fourth-order valence-corrected chi connectivity index (χ4v) is 3.94. The van der Waals surface area contributed by atoms with Crippen LogP contribution in [0.2, 0.25) is 0 Å². The molecule has 2 N–H and O–H groups in total. The van der Waals surface area contributed by atoms with Crippen LogP contribution in [0.3, 0.4) is 0 Å². The van der Waals surface area contributed by atoms with E-state index in [9.17, 15) is 4.79 Å². The quantitative estimate of drug-likeness (QED) is 0.688. The van der Waals surface area contributed by atoms with Crippen LogP contribution < -0.4 is 5.73 Å². The van der Waals surface area contributed by atoms with E-state index in [4.69, 9.17) is 5.73 Å². The van der Waals surface area contributed by atoms with Crippen molar-refractivity contribution in [3.63, 3.8) is 0 Å². The van der Waals surface area contributed by atoms with Crippen LogP contribution in [0.4, 0.5) is 5.69 Å². The van der Waals surface area contributed by atoms with E-state index < -0.39 is 0 Å². The Bertz CT molecular complexity index is 684. The molecule has 1 aliphatic heterocycles. The van der Waals surface area contributed by atoms with E-state index in [1.54, 1.807) is 11.8 Å². The Balaban J connectivity index is 1.69. The highest BCUT2D eigenvalue weighted by molar-refractivity contribution is 8.00. The summed E-state index contributed by atoms with van der Waals surface area (Å²) in [5, 5.41) is -0.0381. The fraction of sp³-hybridized carbons (Fsp3) is 0.316. The highest BCUT2D eigenvalue weighted by Crippen LogP contribution is 2.29. The van der Waals surface area contributed by atoms with Crippen molar-refractivity contribution < 1.29 is 4.79 Å². The molecule has 0 aromatic heterocycles. The van der Waals surface area contributed by atoms with Crippen LogP contribution in [-0.4, -0.2) is 22.6 Å². The second-order valence-corrected chi connectivity index (χ2v) is 7.14. The Morgan fingerprint density at radius 3 is 2.57 bits per heavy atom. The van der Waals surface area contributed by atoms with Gasteiger partial charge in [-0.3, -0.25) is 4.79 Å². The second-order valence-electron chi connectivity index (χ2n) is 5.86. The van der Waals surface area contributed by atoms with Gasteiger partial charge in [0, 0.05) is 23.7 Å². The molecule has 0 radical (unpaired) electrons. The number of hydrogen-bond acceptors (Lipinski definition) is 3. The molecule has 2 aromatic rings. The minimum atomic E-state index is -0.0381. The zero-order valence-electron chi connectivity index (χ0n) is 13.4. The van der Waals surface area contributed by atoms with Crippen molar-refractivity contribution in [1.29, 1.82) is 0 Å². The number of nitrogens with two attached hydrogens (primary N) is 1. The summed E-state index contributed by atoms with van der Waals surface area (Å²) >= 11 is 1.63. The lowest BCUT2D eigenvalue weighted by Crippen LogP contribution is -2.40. The van der Waals surface area contributed by atoms with Gasteiger partial charge in [0.1, 0.15) is 0 Å². The summed E-state index contributed by atoms with van der Waals surface area (Å²) in [5.41, 5.74) is 9.13. The van der Waals surface area contributed by atoms with Crippen molar-refractivity contribution in [1.82, 2.24) is 4.90 Å². The molecule has 1 atom stereocenters. The summed E-state index contributed by atoms with van der Waals surface area (Å²) < 4.78 is 0. The minimum Gasteiger partial charge on any atom is -0.399 e. The standard InChI is InChI=1S/C19H22N2OS/c1-2-18(23-17-9-7-16(20)8-10-17)19(22)21-12-11-14-5-3-4-6-15(14)13-21/h3-10,18H,2,11-13,20H2,1H3. The summed E-state index contributed by atoms with van der Waals surface area (Å²) in [6.45, 7) is 3.62. The predicted octanol–water partition coefficient (Wildman–Crippen LogP) is 3.72. The van der Waals surface area contributed by atoms with Gasteiger partial charge in [-0.2, -0.15) is 0 Å². The predicted molar refractivity (Wildman–Crippen MR) is 96.4 cm³/mol. The van der Waals surface area contributed by atoms with E-state index in [2.05, 4.69) is 25.1 Å². The summed E-state index contributed by atoms with van der Waals surface area (Å²) in [6.07, 6.45) is 1.77. The van der Waals surface area contributed by atoms with Crippen molar-refractivity contribution >= 4 is 23.4 Å². The van der Waals surface area contributed by atoms with Crippen LogP contribution in [0.15, 0.2) is 53.4 Å². The van der Waals surface area contributed by atoms with Crippen molar-refractivity contribution in [2.75, 3.05) is 12.3 Å². The molecule has 2 aromatic carbocycles. The van der Waals surface area contributed by atoms with Gasteiger partial charge in [0.15, 0.2) is 0 Å². The first-order valence-corrected chi connectivity index (χ1v) is 8.93. The highest BCUT2D eigenvalue weighted by atomic mass is 32.2. The van der Waals surface area contributed by atoms with Gasteiger partial charge >= 0.3 is 0 Å². The monoisotopic (exact) mass is 326 g/mol. The van der Waals surface area contributed by atoms with Crippen molar-refractivity contribution in [2.45, 2.75) is 36.5 Å². The van der Waals surface area contributed by atoms with Crippen LogP contribution in [0, 0.1) is 0 Å². The molecule has 23 heavy (non-hydrogen) atoms. The smallest absolute Gasteiger partial charge is 0.236 e. The summed E-state index contributed by atoms with van der Waals surface area (Å²) in [5.74, 6) is 0.240. The Hall–Kier alpha value is -1.94. The number of carbonyl (C=O) groups excluding carboxylic acids is 1. The maximum Gasteiger partial charge on any atom is 0.236 e. The molecule has 1 aliphatic rings. The highest BCUT2D eigenvalue weighted by Gasteiger charge is 2.26. The number of carbonyl (C=O) groups is 1. The molecule has 0 aliphatic carbocycles. The Morgan fingerprint density at radius 2 is 1.87 bits per heavy atom. The normalized spacial score (nSPS) is 15.1. The molecule has 0 bridgehead atoms. The van der Waals surface area contributed by atoms with Gasteiger partial charge in [-0.05, 0) is 48.2 Å². The van der Waals surface area contributed by atoms with Crippen molar-refractivity contribution in [3.05, 3.63) is 59.7 Å². The SMILES string of the molecule is CCC(Sc1ccc(N)cc1)C(=O)N1CCc2ccccc2C1. The number of anilines is 1. The van der Waals surface area contributed by atoms with E-state index in [1.165, 1.54) is 11.1 Å². The molecule has 1 amide bonds. The Labute approximate surface area is 141 Å². The van der Waals surface area contributed by atoms with E-state index in [0.29, 0.717) is 0 Å². The molecule has 0 fully saturated rings. The average molecular weight is 326 g/mol. The van der Waals surface area contributed by atoms with Gasteiger partial charge in [-0.25, -0.2) is 0 Å². The summed E-state index contributed by atoms with van der Waals surface area (Å²) in [4.78, 5) is 16.0. The molecular formula is C19H22N2OS. The first-order valence-electron chi connectivity index (χ1n) is 8.05. The third kappa shape index (κ3) is 3.70. The average Bonchev–Trinajstić information content (AvgIpc) is 2.60. The molecule has 0 saturated carbocycles. The van der Waals surface area contributed by atoms with Crippen molar-refractivity contribution in [3.8, 4) is 0 Å². The van der Waals surface area contributed by atoms with Crippen LogP contribution >= 0.6 is 11.8 Å². The van der Waals surface area contributed by atoms with Gasteiger partial charge in [0.05, 0.1) is 5.25 Å². The number of nitrogens with zero attached hydrogens (tertiary/aromatic N) is 1. The molecule has 3 nitrogen and oxygen atoms in total. The van der Waals surface area contributed by atoms with Crippen LogP contribution in [0.25, 0.3) is 0 Å². The zero-order valence-corrected chi connectivity index (χ0v) is 14.2. The van der Waals surface area contributed by atoms with Gasteiger partial charge in [0.25, 0.3) is 0 Å². The molecule has 1 unspecified atom stereocenters. The number of nitrogen functional groups attached to an aromatic ring is 1. The minimum absolute atomic E-state index is 0.0381. The van der Waals surface area contributed by atoms with Crippen LogP contribution in [0.5, 0.6) is 0 Å². The fourth-order valence-electron chi connectivity index (χ4n) is 2.91. The molecule has 0 spiro atoms. The number of fused-ring (bicyclic) bond motifs is 1. The largest absolute Gasteiger partial charge is 0.399 e. The van der Waals surface area contributed by atoms with Crippen LogP contribution in [-0.2, 0) is 17.8 Å². The molecule has 1 heterocycles. The van der Waals surface area contributed by atoms with Gasteiger partial charge in [0.2, 0.25) is 5.91 Å². The van der Waals surface area contributed by atoms with E-state index in [1.807, 2.05) is 35.2 Å². The summed E-state index contributed by atoms with van der Waals surface area (Å²) in [7, 11) is 0. The second kappa shape index (κ2) is 7.09. The van der Waals surface area contributed by atoms with Gasteiger partial charge in [-0.1, -0.05) is 31.2 Å². The number of amides is 1. The lowest BCUT2D eigenvalue weighted by molar-refractivity contribution is -0.131. The molecule has 120 valence electrons. The number of benzene rings is 2. The maximum absolute atomic E-state index is 12.9. The van der Waals surface area contributed by atoms with Crippen molar-refractivity contribution in [2.24, 2.45) is 0 Å². The number of hydrogen-bond donors (Lipinski definition) is 1. The first-order chi connectivity index (χ1) is 11.2. The van der Waals surface area contributed by atoms with Gasteiger partial charge < -0.3 is 10.6 Å². The number of rotatable bonds is 4. The lowest BCUT2D eigenvalue weighted by Gasteiger charge is -2.31. The van der Waals surface area contributed by atoms with Gasteiger partial charge in [-0.15, -0.1) is 11.8 Å². The van der Waals surface area contributed by atoms with E-state index >= 15 is 0 Å². The number of thioether (sulfide) groups is 1. The lowest BCUT2D eigenvalue weighted by atomic mass is 9.99. The molecule has 3 rings (SSSR count). The summed E-state index contributed by atoms with van der Waals surface area (Å²) in [6, 6.07) is 16.2. The Kier molecular flexibility index (Phi) is 4.91. The zero-order chi connectivity index (χ0) is 16.2. The maximum atomic E-state index is 12.9. The Morgan fingerprint density at radius 1 is 1.17 bits per heavy atom. The topological polar surface area (TPSA) is 46.3 Å².